The van der Waals surface area contributed by atoms with Gasteiger partial charge in [-0.25, -0.2) is 12.8 Å². The van der Waals surface area contributed by atoms with E-state index in [1.165, 1.54) is 18.2 Å². The van der Waals surface area contributed by atoms with E-state index in [4.69, 9.17) is 5.26 Å². The van der Waals surface area contributed by atoms with Gasteiger partial charge < -0.3 is 0 Å². The molecule has 0 amide bonds. The topological polar surface area (TPSA) is 57.9 Å². The van der Waals surface area contributed by atoms with Gasteiger partial charge >= 0.3 is 0 Å². The Hall–Kier alpha value is -2.19. The molecular weight excluding hydrogens is 277 g/mol. The molecule has 20 heavy (non-hydrogen) atoms. The minimum absolute atomic E-state index is 0.0623. The first-order valence-corrected chi connectivity index (χ1v) is 7.56. The van der Waals surface area contributed by atoms with Crippen LogP contribution in [0.3, 0.4) is 0 Å². The van der Waals surface area contributed by atoms with Crippen molar-refractivity contribution in [3.05, 3.63) is 65.0 Å². The van der Waals surface area contributed by atoms with Crippen molar-refractivity contribution in [1.29, 1.82) is 5.26 Å². The van der Waals surface area contributed by atoms with Gasteiger partial charge in [0.25, 0.3) is 0 Å². The van der Waals surface area contributed by atoms with Crippen LogP contribution in [-0.4, -0.2) is 8.42 Å². The van der Waals surface area contributed by atoms with Gasteiger partial charge in [-0.1, -0.05) is 24.3 Å². The summed E-state index contributed by atoms with van der Waals surface area (Å²) in [4.78, 5) is 0.198. The van der Waals surface area contributed by atoms with Gasteiger partial charge in [-0.2, -0.15) is 5.26 Å². The van der Waals surface area contributed by atoms with Gasteiger partial charge in [0.05, 0.1) is 22.3 Å². The van der Waals surface area contributed by atoms with E-state index in [1.54, 1.807) is 25.1 Å². The van der Waals surface area contributed by atoms with Crippen molar-refractivity contribution in [2.24, 2.45) is 0 Å². The summed E-state index contributed by atoms with van der Waals surface area (Å²) in [6.45, 7) is 1.70. The van der Waals surface area contributed by atoms with Gasteiger partial charge in [-0.15, -0.1) is 0 Å². The molecule has 102 valence electrons. The average Bonchev–Trinajstić information content (AvgIpc) is 2.41. The van der Waals surface area contributed by atoms with E-state index < -0.39 is 21.4 Å². The van der Waals surface area contributed by atoms with Crippen LogP contribution >= 0.6 is 0 Å². The normalized spacial score (nSPS) is 11.1. The lowest BCUT2D eigenvalue weighted by molar-refractivity contribution is 0.586. The maximum atomic E-state index is 13.8. The van der Waals surface area contributed by atoms with Gasteiger partial charge in [0.15, 0.2) is 9.84 Å². The highest BCUT2D eigenvalue weighted by Gasteiger charge is 2.19. The van der Waals surface area contributed by atoms with Crippen molar-refractivity contribution in [1.82, 2.24) is 0 Å². The first kappa shape index (κ1) is 14.2. The maximum absolute atomic E-state index is 13.8. The van der Waals surface area contributed by atoms with Gasteiger partial charge in [-0.3, -0.25) is 0 Å². The lowest BCUT2D eigenvalue weighted by Crippen LogP contribution is -2.08. The van der Waals surface area contributed by atoms with E-state index in [0.717, 1.165) is 6.07 Å². The monoisotopic (exact) mass is 289 g/mol. The van der Waals surface area contributed by atoms with E-state index in [0.29, 0.717) is 5.56 Å². The summed E-state index contributed by atoms with van der Waals surface area (Å²) in [5.74, 6) is -1.10. The zero-order chi connectivity index (χ0) is 14.8. The Bertz CT molecular complexity index is 792. The van der Waals surface area contributed by atoms with Crippen LogP contribution < -0.4 is 0 Å². The standard InChI is InChI=1S/C15H12FNO2S/c1-11-4-2-3-5-15(11)20(18,19)10-13-7-6-12(9-17)8-14(13)16/h2-8H,10H2,1H3. The van der Waals surface area contributed by atoms with Crippen LogP contribution in [0.15, 0.2) is 47.4 Å². The molecular formula is C15H12FNO2S. The third kappa shape index (κ3) is 2.86. The van der Waals surface area contributed by atoms with E-state index in [1.807, 2.05) is 6.07 Å². The Balaban J connectivity index is 2.40. The molecule has 0 aliphatic heterocycles. The summed E-state index contributed by atoms with van der Waals surface area (Å²) >= 11 is 0. The Morgan fingerprint density at radius 3 is 2.50 bits per heavy atom. The molecule has 0 heterocycles. The molecule has 2 rings (SSSR count). The zero-order valence-corrected chi connectivity index (χ0v) is 11.6. The summed E-state index contributed by atoms with van der Waals surface area (Å²) in [6.07, 6.45) is 0. The van der Waals surface area contributed by atoms with Crippen molar-refractivity contribution in [3.63, 3.8) is 0 Å². The second-order valence-electron chi connectivity index (χ2n) is 4.44. The van der Waals surface area contributed by atoms with E-state index in [9.17, 15) is 12.8 Å². The molecule has 0 spiro atoms. The highest BCUT2D eigenvalue weighted by molar-refractivity contribution is 7.90. The van der Waals surface area contributed by atoms with E-state index >= 15 is 0 Å². The zero-order valence-electron chi connectivity index (χ0n) is 10.8. The van der Waals surface area contributed by atoms with Crippen LogP contribution in [-0.2, 0) is 15.6 Å². The number of hydrogen-bond donors (Lipinski definition) is 0. The minimum Gasteiger partial charge on any atom is -0.223 e. The number of benzene rings is 2. The maximum Gasteiger partial charge on any atom is 0.182 e. The highest BCUT2D eigenvalue weighted by atomic mass is 32.2. The fourth-order valence-corrected chi connectivity index (χ4v) is 3.57. The molecule has 0 N–H and O–H groups in total. The van der Waals surface area contributed by atoms with Crippen molar-refractivity contribution in [2.45, 2.75) is 17.6 Å². The largest absolute Gasteiger partial charge is 0.223 e. The Labute approximate surface area is 117 Å². The summed E-state index contributed by atoms with van der Waals surface area (Å²) < 4.78 is 38.4. The van der Waals surface area contributed by atoms with Crippen LogP contribution in [0, 0.1) is 24.1 Å². The molecule has 0 saturated heterocycles. The molecule has 3 nitrogen and oxygen atoms in total. The molecule has 0 atom stereocenters. The Morgan fingerprint density at radius 2 is 1.90 bits per heavy atom. The second kappa shape index (κ2) is 5.43. The van der Waals surface area contributed by atoms with Crippen LogP contribution in [0.5, 0.6) is 0 Å². The molecule has 0 unspecified atom stereocenters. The van der Waals surface area contributed by atoms with Gasteiger partial charge in [0.2, 0.25) is 0 Å². The van der Waals surface area contributed by atoms with Crippen LogP contribution in [0.4, 0.5) is 4.39 Å². The SMILES string of the molecule is Cc1ccccc1S(=O)(=O)Cc1ccc(C#N)cc1F. The molecule has 0 radical (unpaired) electrons. The van der Waals surface area contributed by atoms with Gasteiger partial charge in [0.1, 0.15) is 5.82 Å². The molecule has 2 aromatic rings. The number of halogens is 1. The summed E-state index contributed by atoms with van der Waals surface area (Å²) in [5.41, 5.74) is 0.855. The van der Waals surface area contributed by atoms with Crippen LogP contribution in [0.1, 0.15) is 16.7 Å². The van der Waals surface area contributed by atoms with Crippen molar-refractivity contribution in [3.8, 4) is 6.07 Å². The lowest BCUT2D eigenvalue weighted by Gasteiger charge is -2.08. The van der Waals surface area contributed by atoms with Crippen molar-refractivity contribution in [2.75, 3.05) is 0 Å². The number of nitrogens with zero attached hydrogens (tertiary/aromatic N) is 1. The molecule has 0 aliphatic rings. The van der Waals surface area contributed by atoms with Gasteiger partial charge in [-0.05, 0) is 30.7 Å². The third-order valence-corrected chi connectivity index (χ3v) is 4.78. The second-order valence-corrected chi connectivity index (χ2v) is 6.40. The molecule has 0 aromatic heterocycles. The Morgan fingerprint density at radius 1 is 1.20 bits per heavy atom. The summed E-state index contributed by atoms with van der Waals surface area (Å²) in [7, 11) is -3.61. The van der Waals surface area contributed by atoms with Gasteiger partial charge in [0, 0.05) is 5.56 Å². The average molecular weight is 289 g/mol. The van der Waals surface area contributed by atoms with Crippen molar-refractivity contribution >= 4 is 9.84 Å². The predicted octanol–water partition coefficient (Wildman–Crippen LogP) is 2.98. The minimum atomic E-state index is -3.61. The molecule has 0 saturated carbocycles. The number of rotatable bonds is 3. The fourth-order valence-electron chi connectivity index (χ4n) is 1.92. The van der Waals surface area contributed by atoms with Crippen LogP contribution in [0.2, 0.25) is 0 Å². The van der Waals surface area contributed by atoms with Crippen LogP contribution in [0.25, 0.3) is 0 Å². The summed E-state index contributed by atoms with van der Waals surface area (Å²) in [6, 6.07) is 12.2. The molecule has 0 aliphatic carbocycles. The number of nitriles is 1. The first-order chi connectivity index (χ1) is 9.44. The summed E-state index contributed by atoms with van der Waals surface area (Å²) in [5, 5.41) is 8.66. The smallest absolute Gasteiger partial charge is 0.182 e. The number of sulfone groups is 1. The van der Waals surface area contributed by atoms with E-state index in [-0.39, 0.29) is 16.0 Å². The number of aryl methyl sites for hydroxylation is 1. The number of hydrogen-bond acceptors (Lipinski definition) is 3. The predicted molar refractivity (Wildman–Crippen MR) is 73.2 cm³/mol. The molecule has 0 bridgehead atoms. The highest BCUT2D eigenvalue weighted by Crippen LogP contribution is 2.21. The third-order valence-electron chi connectivity index (χ3n) is 2.96. The molecule has 5 heteroatoms. The first-order valence-electron chi connectivity index (χ1n) is 5.91. The fraction of sp³-hybridized carbons (Fsp3) is 0.133. The molecule has 0 fully saturated rings. The van der Waals surface area contributed by atoms with Crippen molar-refractivity contribution < 1.29 is 12.8 Å². The quantitative estimate of drug-likeness (QED) is 0.872. The van der Waals surface area contributed by atoms with E-state index in [2.05, 4.69) is 0 Å². The Kier molecular flexibility index (Phi) is 3.86. The lowest BCUT2D eigenvalue weighted by atomic mass is 10.1. The molecule has 2 aromatic carbocycles.